The monoisotopic (exact) mass is 249 g/mol. The molecule has 1 unspecified atom stereocenters. The van der Waals surface area contributed by atoms with Gasteiger partial charge in [0.05, 0.1) is 11.7 Å². The summed E-state index contributed by atoms with van der Waals surface area (Å²) < 4.78 is 26.8. The van der Waals surface area contributed by atoms with Crippen molar-refractivity contribution in [2.24, 2.45) is 0 Å². The second-order valence-corrected chi connectivity index (χ2v) is 4.05. The summed E-state index contributed by atoms with van der Waals surface area (Å²) in [6.45, 7) is 0. The number of pyridine rings is 1. The molecule has 1 aromatic heterocycles. The first kappa shape index (κ1) is 12.6. The third-order valence-corrected chi connectivity index (χ3v) is 2.76. The number of halogens is 2. The van der Waals surface area contributed by atoms with Crippen molar-refractivity contribution in [1.82, 2.24) is 4.98 Å². The number of aliphatic hydroxyl groups is 1. The Labute approximate surface area is 104 Å². The van der Waals surface area contributed by atoms with Crippen LogP contribution in [-0.4, -0.2) is 10.1 Å². The molecule has 1 atom stereocenters. The van der Waals surface area contributed by atoms with Gasteiger partial charge in [0.25, 0.3) is 0 Å². The molecule has 0 fully saturated rings. The summed E-state index contributed by atoms with van der Waals surface area (Å²) in [5.74, 6) is -1.43. The van der Waals surface area contributed by atoms with Gasteiger partial charge < -0.3 is 5.11 Å². The predicted octanol–water partition coefficient (Wildman–Crippen LogP) is 3.03. The molecule has 0 saturated carbocycles. The van der Waals surface area contributed by atoms with Crippen LogP contribution in [-0.2, 0) is 6.42 Å². The molecule has 94 valence electrons. The zero-order valence-corrected chi connectivity index (χ0v) is 9.68. The minimum absolute atomic E-state index is 0.254. The lowest BCUT2D eigenvalue weighted by Gasteiger charge is -2.12. The number of rotatable bonds is 4. The fourth-order valence-corrected chi connectivity index (χ4v) is 1.82. The van der Waals surface area contributed by atoms with E-state index in [9.17, 15) is 13.9 Å². The first-order valence-electron chi connectivity index (χ1n) is 5.69. The second-order valence-electron chi connectivity index (χ2n) is 4.05. The lowest BCUT2D eigenvalue weighted by molar-refractivity contribution is 0.158. The van der Waals surface area contributed by atoms with Crippen molar-refractivity contribution in [2.45, 2.75) is 18.9 Å². The summed E-state index contributed by atoms with van der Waals surface area (Å²) >= 11 is 0. The normalized spacial score (nSPS) is 12.4. The third kappa shape index (κ3) is 2.90. The van der Waals surface area contributed by atoms with Gasteiger partial charge in [-0.05, 0) is 36.6 Å². The van der Waals surface area contributed by atoms with Crippen LogP contribution >= 0.6 is 0 Å². The Hall–Kier alpha value is -1.81. The predicted molar refractivity (Wildman–Crippen MR) is 63.9 cm³/mol. The van der Waals surface area contributed by atoms with Gasteiger partial charge in [-0.15, -0.1) is 0 Å². The smallest absolute Gasteiger partial charge is 0.131 e. The van der Waals surface area contributed by atoms with E-state index >= 15 is 0 Å². The Morgan fingerprint density at radius 1 is 1.11 bits per heavy atom. The molecular weight excluding hydrogens is 236 g/mol. The topological polar surface area (TPSA) is 33.1 Å². The van der Waals surface area contributed by atoms with Crippen LogP contribution in [0.5, 0.6) is 0 Å². The molecule has 18 heavy (non-hydrogen) atoms. The Balaban J connectivity index is 2.06. The summed E-state index contributed by atoms with van der Waals surface area (Å²) in [7, 11) is 0. The van der Waals surface area contributed by atoms with Gasteiger partial charge in [0.15, 0.2) is 0 Å². The number of aryl methyl sites for hydroxylation is 1. The number of benzene rings is 1. The van der Waals surface area contributed by atoms with Crippen LogP contribution in [0.2, 0.25) is 0 Å². The van der Waals surface area contributed by atoms with Gasteiger partial charge in [0.2, 0.25) is 0 Å². The van der Waals surface area contributed by atoms with Gasteiger partial charge in [-0.2, -0.15) is 0 Å². The highest BCUT2D eigenvalue weighted by Crippen LogP contribution is 2.24. The van der Waals surface area contributed by atoms with E-state index in [4.69, 9.17) is 0 Å². The molecule has 0 aliphatic rings. The lowest BCUT2D eigenvalue weighted by Crippen LogP contribution is -2.05. The number of nitrogens with zero attached hydrogens (tertiary/aromatic N) is 1. The van der Waals surface area contributed by atoms with Crippen LogP contribution in [0.1, 0.15) is 23.7 Å². The third-order valence-electron chi connectivity index (χ3n) is 2.76. The zero-order valence-electron chi connectivity index (χ0n) is 9.68. The van der Waals surface area contributed by atoms with Crippen LogP contribution in [0.3, 0.4) is 0 Å². The van der Waals surface area contributed by atoms with E-state index in [0.717, 1.165) is 17.7 Å². The molecule has 1 N–H and O–H groups in total. The van der Waals surface area contributed by atoms with Crippen molar-refractivity contribution in [3.63, 3.8) is 0 Å². The van der Waals surface area contributed by atoms with Gasteiger partial charge >= 0.3 is 0 Å². The highest BCUT2D eigenvalue weighted by atomic mass is 19.1. The summed E-state index contributed by atoms with van der Waals surface area (Å²) in [4.78, 5) is 3.94. The Kier molecular flexibility index (Phi) is 3.99. The molecule has 2 nitrogen and oxygen atoms in total. The highest BCUT2D eigenvalue weighted by Gasteiger charge is 2.17. The first-order chi connectivity index (χ1) is 8.68. The van der Waals surface area contributed by atoms with Gasteiger partial charge in [0, 0.05) is 12.4 Å². The maximum absolute atomic E-state index is 13.4. The molecule has 4 heteroatoms. The quantitative estimate of drug-likeness (QED) is 0.903. The van der Waals surface area contributed by atoms with E-state index in [2.05, 4.69) is 4.98 Å². The molecule has 1 aromatic carbocycles. The number of aromatic nitrogens is 1. The fourth-order valence-electron chi connectivity index (χ4n) is 1.82. The van der Waals surface area contributed by atoms with E-state index in [1.807, 2.05) is 6.07 Å². The van der Waals surface area contributed by atoms with Crippen molar-refractivity contribution in [1.29, 1.82) is 0 Å². The van der Waals surface area contributed by atoms with Crippen LogP contribution in [0.4, 0.5) is 8.78 Å². The molecule has 0 saturated heterocycles. The molecule has 1 heterocycles. The fraction of sp³-hybridized carbons (Fsp3) is 0.214. The molecule has 0 spiro atoms. The standard InChI is InChI=1S/C14H13F2NO/c15-11-4-1-5-12(16)14(11)13(18)7-6-10-3-2-8-17-9-10/h1-5,8-9,13,18H,6-7H2. The van der Waals surface area contributed by atoms with Gasteiger partial charge in [-0.25, -0.2) is 8.78 Å². The molecule has 0 bridgehead atoms. The summed E-state index contributed by atoms with van der Waals surface area (Å²) in [5, 5.41) is 9.84. The minimum Gasteiger partial charge on any atom is -0.388 e. The number of aliphatic hydroxyl groups excluding tert-OH is 1. The van der Waals surface area contributed by atoms with Crippen molar-refractivity contribution in [3.05, 3.63) is 65.5 Å². The molecule has 2 aromatic rings. The zero-order chi connectivity index (χ0) is 13.0. The Morgan fingerprint density at radius 3 is 2.44 bits per heavy atom. The number of hydrogen-bond donors (Lipinski definition) is 1. The van der Waals surface area contributed by atoms with E-state index in [1.54, 1.807) is 18.5 Å². The molecule has 0 amide bonds. The van der Waals surface area contributed by atoms with Gasteiger partial charge in [-0.3, -0.25) is 4.98 Å². The second kappa shape index (κ2) is 5.69. The summed E-state index contributed by atoms with van der Waals surface area (Å²) in [6, 6.07) is 7.21. The SMILES string of the molecule is OC(CCc1cccnc1)c1c(F)cccc1F. The van der Waals surface area contributed by atoms with E-state index < -0.39 is 17.7 Å². The van der Waals surface area contributed by atoms with Crippen molar-refractivity contribution in [2.75, 3.05) is 0 Å². The van der Waals surface area contributed by atoms with Crippen molar-refractivity contribution in [3.8, 4) is 0 Å². The van der Waals surface area contributed by atoms with Crippen LogP contribution in [0, 0.1) is 11.6 Å². The summed E-state index contributed by atoms with van der Waals surface area (Å²) in [6.07, 6.45) is 2.94. The average Bonchev–Trinajstić information content (AvgIpc) is 2.37. The molecule has 0 aliphatic heterocycles. The summed E-state index contributed by atoms with van der Waals surface area (Å²) in [5.41, 5.74) is 0.662. The molecular formula is C14H13F2NO. The Morgan fingerprint density at radius 2 is 1.83 bits per heavy atom. The maximum atomic E-state index is 13.4. The molecule has 2 rings (SSSR count). The minimum atomic E-state index is -1.15. The van der Waals surface area contributed by atoms with Crippen LogP contribution in [0.25, 0.3) is 0 Å². The van der Waals surface area contributed by atoms with Gasteiger partial charge in [0.1, 0.15) is 11.6 Å². The first-order valence-corrected chi connectivity index (χ1v) is 5.69. The van der Waals surface area contributed by atoms with E-state index in [1.165, 1.54) is 6.07 Å². The van der Waals surface area contributed by atoms with Crippen LogP contribution in [0.15, 0.2) is 42.7 Å². The number of hydrogen-bond acceptors (Lipinski definition) is 2. The van der Waals surface area contributed by atoms with Crippen molar-refractivity contribution >= 4 is 0 Å². The average molecular weight is 249 g/mol. The largest absolute Gasteiger partial charge is 0.388 e. The molecule has 0 aliphatic carbocycles. The lowest BCUT2D eigenvalue weighted by atomic mass is 10.0. The maximum Gasteiger partial charge on any atom is 0.131 e. The van der Waals surface area contributed by atoms with Gasteiger partial charge in [-0.1, -0.05) is 12.1 Å². The van der Waals surface area contributed by atoms with E-state index in [-0.39, 0.29) is 12.0 Å². The van der Waals surface area contributed by atoms with Crippen molar-refractivity contribution < 1.29 is 13.9 Å². The highest BCUT2D eigenvalue weighted by molar-refractivity contribution is 5.22. The molecule has 0 radical (unpaired) electrons. The Bertz CT molecular complexity index is 496. The van der Waals surface area contributed by atoms with Crippen LogP contribution < -0.4 is 0 Å². The van der Waals surface area contributed by atoms with E-state index in [0.29, 0.717) is 6.42 Å².